The van der Waals surface area contributed by atoms with E-state index >= 15 is 0 Å². The second-order valence-corrected chi connectivity index (χ2v) is 7.26. The minimum absolute atomic E-state index is 0.137. The third-order valence-electron chi connectivity index (χ3n) is 3.97. The molecule has 31 heavy (non-hydrogen) atoms. The standard InChI is InChI=1S/C16H15F3N8O3S/c1-8-5-9(2)26(24-8)14-22-23-15(25(14)20)31-7-13(28)21-12-4-3-10(27(29)30)6-11(12)16(17,18)19/h3-6H,7,20H2,1-2H3,(H,21,28). The number of anilines is 1. The van der Waals surface area contributed by atoms with Gasteiger partial charge in [0.05, 0.1) is 27.6 Å². The van der Waals surface area contributed by atoms with Crippen LogP contribution in [0.1, 0.15) is 17.0 Å². The summed E-state index contributed by atoms with van der Waals surface area (Å²) in [6, 6.07) is 3.86. The van der Waals surface area contributed by atoms with Crippen molar-refractivity contribution in [2.75, 3.05) is 16.9 Å². The summed E-state index contributed by atoms with van der Waals surface area (Å²) in [4.78, 5) is 22.0. The van der Waals surface area contributed by atoms with E-state index in [9.17, 15) is 28.1 Å². The number of hydrogen-bond acceptors (Lipinski definition) is 8. The minimum Gasteiger partial charge on any atom is -0.334 e. The molecule has 0 saturated heterocycles. The molecule has 3 rings (SSSR count). The molecule has 1 amide bonds. The lowest BCUT2D eigenvalue weighted by molar-refractivity contribution is -0.385. The fourth-order valence-electron chi connectivity index (χ4n) is 2.65. The van der Waals surface area contributed by atoms with Crippen molar-refractivity contribution in [3.8, 4) is 5.95 Å². The first-order valence-electron chi connectivity index (χ1n) is 8.50. The number of nitrogens with one attached hydrogen (secondary N) is 1. The summed E-state index contributed by atoms with van der Waals surface area (Å²) in [7, 11) is 0. The zero-order chi connectivity index (χ0) is 22.9. The zero-order valence-corrected chi connectivity index (χ0v) is 16.9. The van der Waals surface area contributed by atoms with Crippen LogP contribution in [0.25, 0.3) is 5.95 Å². The number of nitro groups is 1. The van der Waals surface area contributed by atoms with Crippen LogP contribution in [0.5, 0.6) is 0 Å². The number of nitrogens with two attached hydrogens (primary N) is 1. The SMILES string of the molecule is Cc1cc(C)n(-c2nnc(SCC(=O)Nc3ccc([N+](=O)[O-])cc3C(F)(F)F)n2N)n1. The summed E-state index contributed by atoms with van der Waals surface area (Å²) >= 11 is 0.846. The molecule has 0 spiro atoms. The number of benzene rings is 1. The number of aromatic nitrogens is 5. The Bertz CT molecular complexity index is 1160. The topological polar surface area (TPSA) is 147 Å². The van der Waals surface area contributed by atoms with E-state index in [2.05, 4.69) is 20.6 Å². The highest BCUT2D eigenvalue weighted by Gasteiger charge is 2.35. The number of nitrogen functional groups attached to an aromatic ring is 1. The number of thioether (sulfide) groups is 1. The number of carbonyl (C=O) groups excluding carboxylic acids is 1. The molecule has 0 atom stereocenters. The average Bonchev–Trinajstić information content (AvgIpc) is 3.20. The van der Waals surface area contributed by atoms with E-state index in [0.29, 0.717) is 6.07 Å². The van der Waals surface area contributed by atoms with Crippen molar-refractivity contribution in [2.45, 2.75) is 25.2 Å². The summed E-state index contributed by atoms with van der Waals surface area (Å²) in [6.45, 7) is 3.57. The molecular weight excluding hydrogens is 441 g/mol. The average molecular weight is 456 g/mol. The number of amides is 1. The minimum atomic E-state index is -4.89. The van der Waals surface area contributed by atoms with Crippen LogP contribution < -0.4 is 11.2 Å². The fourth-order valence-corrected chi connectivity index (χ4v) is 3.30. The maximum absolute atomic E-state index is 13.2. The summed E-state index contributed by atoms with van der Waals surface area (Å²) in [5.74, 6) is 5.02. The van der Waals surface area contributed by atoms with Crippen LogP contribution in [0.15, 0.2) is 29.4 Å². The van der Waals surface area contributed by atoms with Gasteiger partial charge in [0.25, 0.3) is 11.6 Å². The maximum atomic E-state index is 13.2. The molecule has 164 valence electrons. The van der Waals surface area contributed by atoms with E-state index in [1.165, 1.54) is 4.68 Å². The zero-order valence-electron chi connectivity index (χ0n) is 16.0. The Morgan fingerprint density at radius 3 is 2.58 bits per heavy atom. The molecular formula is C16H15F3N8O3S. The first-order valence-corrected chi connectivity index (χ1v) is 9.48. The van der Waals surface area contributed by atoms with Gasteiger partial charge < -0.3 is 11.2 Å². The molecule has 0 aliphatic rings. The van der Waals surface area contributed by atoms with Gasteiger partial charge in [-0.3, -0.25) is 14.9 Å². The molecule has 0 radical (unpaired) electrons. The first kappa shape index (κ1) is 22.1. The van der Waals surface area contributed by atoms with Crippen molar-refractivity contribution in [2.24, 2.45) is 0 Å². The number of aryl methyl sites for hydroxylation is 2. The van der Waals surface area contributed by atoms with Crippen LogP contribution in [0.4, 0.5) is 24.5 Å². The van der Waals surface area contributed by atoms with Gasteiger partial charge in [-0.1, -0.05) is 11.8 Å². The highest BCUT2D eigenvalue weighted by Crippen LogP contribution is 2.37. The van der Waals surface area contributed by atoms with Crippen LogP contribution in [-0.4, -0.2) is 41.2 Å². The maximum Gasteiger partial charge on any atom is 0.418 e. The van der Waals surface area contributed by atoms with Crippen molar-refractivity contribution >= 4 is 29.0 Å². The second kappa shape index (κ2) is 8.25. The molecule has 0 unspecified atom stereocenters. The first-order chi connectivity index (χ1) is 14.5. The van der Waals surface area contributed by atoms with Gasteiger partial charge in [0, 0.05) is 17.8 Å². The van der Waals surface area contributed by atoms with Crippen molar-refractivity contribution in [1.29, 1.82) is 0 Å². The molecule has 0 fully saturated rings. The third-order valence-corrected chi connectivity index (χ3v) is 4.91. The molecule has 0 aliphatic carbocycles. The second-order valence-electron chi connectivity index (χ2n) is 6.31. The monoisotopic (exact) mass is 456 g/mol. The van der Waals surface area contributed by atoms with E-state index < -0.39 is 33.9 Å². The van der Waals surface area contributed by atoms with Crippen molar-refractivity contribution in [3.63, 3.8) is 0 Å². The molecule has 3 N–H and O–H groups in total. The third kappa shape index (κ3) is 4.76. The van der Waals surface area contributed by atoms with Crippen LogP contribution in [0.3, 0.4) is 0 Å². The van der Waals surface area contributed by atoms with Gasteiger partial charge in [0.1, 0.15) is 0 Å². The Labute approximate surface area is 176 Å². The van der Waals surface area contributed by atoms with Gasteiger partial charge in [0.15, 0.2) is 0 Å². The number of carbonyl (C=O) groups is 1. The van der Waals surface area contributed by atoms with Crippen LogP contribution in [-0.2, 0) is 11.0 Å². The lowest BCUT2D eigenvalue weighted by Gasteiger charge is -2.13. The van der Waals surface area contributed by atoms with Crippen LogP contribution in [0, 0.1) is 24.0 Å². The predicted molar refractivity (Wildman–Crippen MR) is 104 cm³/mol. The van der Waals surface area contributed by atoms with Crippen LogP contribution >= 0.6 is 11.8 Å². The number of nitro benzene ring substituents is 1. The number of nitrogens with zero attached hydrogens (tertiary/aromatic N) is 6. The van der Waals surface area contributed by atoms with Gasteiger partial charge in [-0.15, -0.1) is 10.2 Å². The molecule has 0 saturated carbocycles. The Hall–Kier alpha value is -3.62. The highest BCUT2D eigenvalue weighted by atomic mass is 32.2. The molecule has 2 aromatic heterocycles. The molecule has 1 aromatic carbocycles. The van der Waals surface area contributed by atoms with E-state index in [1.807, 2.05) is 0 Å². The Morgan fingerprint density at radius 2 is 2.00 bits per heavy atom. The number of hydrogen-bond donors (Lipinski definition) is 2. The highest BCUT2D eigenvalue weighted by molar-refractivity contribution is 7.99. The Morgan fingerprint density at radius 1 is 1.29 bits per heavy atom. The van der Waals surface area contributed by atoms with E-state index in [4.69, 9.17) is 5.84 Å². The van der Waals surface area contributed by atoms with Gasteiger partial charge >= 0.3 is 6.18 Å². The number of non-ortho nitro benzene ring substituents is 1. The largest absolute Gasteiger partial charge is 0.418 e. The molecule has 11 nitrogen and oxygen atoms in total. The van der Waals surface area contributed by atoms with Crippen molar-refractivity contribution in [3.05, 3.63) is 51.3 Å². The normalized spacial score (nSPS) is 11.5. The summed E-state index contributed by atoms with van der Waals surface area (Å²) in [5.41, 5.74) is -1.18. The Balaban J connectivity index is 1.73. The van der Waals surface area contributed by atoms with Crippen molar-refractivity contribution < 1.29 is 22.9 Å². The lowest BCUT2D eigenvalue weighted by atomic mass is 10.1. The van der Waals surface area contributed by atoms with Crippen LogP contribution in [0.2, 0.25) is 0 Å². The molecule has 15 heteroatoms. The van der Waals surface area contributed by atoms with Gasteiger partial charge in [0.2, 0.25) is 11.1 Å². The summed E-state index contributed by atoms with van der Waals surface area (Å²) in [6.07, 6.45) is -4.89. The quantitative estimate of drug-likeness (QED) is 0.249. The number of halogens is 3. The predicted octanol–water partition coefficient (Wildman–Crippen LogP) is 2.45. The molecule has 0 bridgehead atoms. The fraction of sp³-hybridized carbons (Fsp3) is 0.250. The van der Waals surface area contributed by atoms with E-state index in [-0.39, 0.29) is 16.9 Å². The Kier molecular flexibility index (Phi) is 5.88. The van der Waals surface area contributed by atoms with Crippen molar-refractivity contribution in [1.82, 2.24) is 24.7 Å². The summed E-state index contributed by atoms with van der Waals surface area (Å²) in [5, 5.41) is 25.0. The number of rotatable bonds is 6. The number of alkyl halides is 3. The smallest absolute Gasteiger partial charge is 0.334 e. The molecule has 0 aliphatic heterocycles. The van der Waals surface area contributed by atoms with Gasteiger partial charge in [-0.2, -0.15) is 18.3 Å². The van der Waals surface area contributed by atoms with Gasteiger partial charge in [-0.05, 0) is 26.0 Å². The van der Waals surface area contributed by atoms with E-state index in [1.54, 1.807) is 19.9 Å². The lowest BCUT2D eigenvalue weighted by Crippen LogP contribution is -2.20. The molecule has 2 heterocycles. The van der Waals surface area contributed by atoms with Gasteiger partial charge in [-0.25, -0.2) is 9.36 Å². The summed E-state index contributed by atoms with van der Waals surface area (Å²) < 4.78 is 42.2. The van der Waals surface area contributed by atoms with E-state index in [0.717, 1.165) is 40.0 Å². The molecule has 3 aromatic rings.